The second-order valence-corrected chi connectivity index (χ2v) is 10.8. The topological polar surface area (TPSA) is 119 Å². The van der Waals surface area contributed by atoms with Gasteiger partial charge in [0.2, 0.25) is 5.91 Å². The predicted octanol–water partition coefficient (Wildman–Crippen LogP) is 4.66. The molecule has 0 bridgehead atoms. The summed E-state index contributed by atoms with van der Waals surface area (Å²) >= 11 is 1.53. The fourth-order valence-electron chi connectivity index (χ4n) is 5.20. The van der Waals surface area contributed by atoms with Gasteiger partial charge in [-0.05, 0) is 55.2 Å². The number of hydrogen-bond acceptors (Lipinski definition) is 7. The Bertz CT molecular complexity index is 1690. The van der Waals surface area contributed by atoms with E-state index in [-0.39, 0.29) is 17.3 Å². The van der Waals surface area contributed by atoms with Crippen LogP contribution in [0.2, 0.25) is 0 Å². The van der Waals surface area contributed by atoms with Gasteiger partial charge < -0.3 is 5.73 Å². The molecule has 1 saturated carbocycles. The molecule has 0 spiro atoms. The van der Waals surface area contributed by atoms with Gasteiger partial charge in [-0.2, -0.15) is 10.5 Å². The minimum atomic E-state index is -0.940. The number of fused-ring (bicyclic) bond motifs is 3. The summed E-state index contributed by atoms with van der Waals surface area (Å²) in [5, 5.41) is 20.8. The van der Waals surface area contributed by atoms with E-state index in [9.17, 15) is 15.3 Å². The van der Waals surface area contributed by atoms with Gasteiger partial charge in [0.05, 0.1) is 39.3 Å². The first kappa shape index (κ1) is 22.2. The van der Waals surface area contributed by atoms with Crippen LogP contribution in [0.4, 0.5) is 0 Å². The lowest BCUT2D eigenvalue weighted by Gasteiger charge is -2.40. The lowest BCUT2D eigenvalue weighted by atomic mass is 9.77. The molecule has 8 heteroatoms. The molecule has 7 nitrogen and oxygen atoms in total. The van der Waals surface area contributed by atoms with Gasteiger partial charge in [0.25, 0.3) is 0 Å². The summed E-state index contributed by atoms with van der Waals surface area (Å²) in [6.07, 6.45) is 3.55. The number of aromatic nitrogens is 1. The number of amides is 1. The summed E-state index contributed by atoms with van der Waals surface area (Å²) in [5.74, 6) is -0.557. The van der Waals surface area contributed by atoms with Crippen LogP contribution < -0.4 is 5.73 Å². The van der Waals surface area contributed by atoms with Crippen molar-refractivity contribution in [2.24, 2.45) is 10.7 Å². The van der Waals surface area contributed by atoms with Crippen molar-refractivity contribution in [3.8, 4) is 12.1 Å². The lowest BCUT2D eigenvalue weighted by Crippen LogP contribution is -2.52. The van der Waals surface area contributed by atoms with Gasteiger partial charge in [-0.3, -0.25) is 14.7 Å². The van der Waals surface area contributed by atoms with Gasteiger partial charge in [-0.15, -0.1) is 11.3 Å². The molecular weight excluding hydrogens is 468 g/mol. The summed E-state index contributed by atoms with van der Waals surface area (Å²) in [7, 11) is 1.64. The van der Waals surface area contributed by atoms with Crippen molar-refractivity contribution in [3.05, 3.63) is 76.3 Å². The Morgan fingerprint density at radius 1 is 1.11 bits per heavy atom. The molecule has 2 atom stereocenters. The monoisotopic (exact) mass is 490 g/mol. The molecular formula is C28H22N6OS. The van der Waals surface area contributed by atoms with Crippen LogP contribution in [0.1, 0.15) is 47.3 Å². The number of thiophene rings is 1. The Labute approximate surface area is 212 Å². The van der Waals surface area contributed by atoms with Crippen LogP contribution in [-0.2, 0) is 15.7 Å². The number of hydrogen-bond donors (Lipinski definition) is 1. The molecule has 1 amide bonds. The number of nitrogens with two attached hydrogens (primary N) is 1. The number of benzene rings is 2. The van der Waals surface area contributed by atoms with E-state index in [1.54, 1.807) is 13.1 Å². The summed E-state index contributed by atoms with van der Waals surface area (Å²) in [6.45, 7) is 1.95. The van der Waals surface area contributed by atoms with Gasteiger partial charge in [0.15, 0.2) is 5.96 Å². The molecule has 2 aromatic carbocycles. The minimum absolute atomic E-state index is 0.133. The molecule has 0 saturated heterocycles. The van der Waals surface area contributed by atoms with Crippen molar-refractivity contribution in [1.82, 2.24) is 9.88 Å². The lowest BCUT2D eigenvalue weighted by molar-refractivity contribution is -0.130. The van der Waals surface area contributed by atoms with E-state index in [1.807, 2.05) is 49.5 Å². The fraction of sp³-hybridized carbons (Fsp3) is 0.250. The van der Waals surface area contributed by atoms with Crippen LogP contribution >= 0.6 is 11.3 Å². The molecule has 2 N–H and O–H groups in total. The van der Waals surface area contributed by atoms with Crippen LogP contribution in [0, 0.1) is 22.7 Å². The maximum atomic E-state index is 13.7. The number of rotatable bonds is 3. The minimum Gasteiger partial charge on any atom is -0.369 e. The van der Waals surface area contributed by atoms with Crippen LogP contribution in [0.25, 0.3) is 21.0 Å². The van der Waals surface area contributed by atoms with E-state index in [1.165, 1.54) is 16.2 Å². The number of nitriles is 2. The third kappa shape index (κ3) is 3.12. The SMILES string of the molecule is CN1C(=O)[C@@H](c2ccc(C3(C#N)CC3)cc2)[C@@](C)(c2cc3c(cnc4ccc(C#N)cc43)s2)N=C1N. The van der Waals surface area contributed by atoms with Crippen LogP contribution in [0.3, 0.4) is 0 Å². The highest BCUT2D eigenvalue weighted by Crippen LogP contribution is 2.50. The third-order valence-electron chi connectivity index (χ3n) is 7.59. The maximum Gasteiger partial charge on any atom is 0.239 e. The molecule has 2 aliphatic rings. The number of aliphatic imine (C=N–C) groups is 1. The Morgan fingerprint density at radius 3 is 2.53 bits per heavy atom. The first-order chi connectivity index (χ1) is 17.3. The van der Waals surface area contributed by atoms with E-state index in [0.717, 1.165) is 49.8 Å². The van der Waals surface area contributed by atoms with E-state index < -0.39 is 11.5 Å². The highest BCUT2D eigenvalue weighted by atomic mass is 32.1. The van der Waals surface area contributed by atoms with E-state index >= 15 is 0 Å². The van der Waals surface area contributed by atoms with Gasteiger partial charge >= 0.3 is 0 Å². The smallest absolute Gasteiger partial charge is 0.239 e. The largest absolute Gasteiger partial charge is 0.369 e. The molecule has 3 heterocycles. The standard InChI is InChI=1S/C28H22N6OS/c1-27(23-12-20-19-11-16(13-29)3-8-21(19)32-14-22(20)36-23)24(25(35)34(2)26(31)33-27)17-4-6-18(7-5-17)28(15-30)9-10-28/h3-8,11-12,14,24H,9-10H2,1-2H3,(H2,31,33)/t24-,27-/m1/s1. The molecule has 1 aliphatic heterocycles. The number of pyridine rings is 1. The van der Waals surface area contributed by atoms with E-state index in [2.05, 4.69) is 23.2 Å². The molecule has 0 unspecified atom stereocenters. The highest BCUT2D eigenvalue weighted by molar-refractivity contribution is 7.19. The fourth-order valence-corrected chi connectivity index (χ4v) is 6.36. The van der Waals surface area contributed by atoms with E-state index in [0.29, 0.717) is 5.56 Å². The molecule has 2 aromatic heterocycles. The average molecular weight is 491 g/mol. The van der Waals surface area contributed by atoms with Gasteiger partial charge in [0, 0.05) is 28.9 Å². The molecule has 4 aromatic rings. The third-order valence-corrected chi connectivity index (χ3v) is 8.88. The van der Waals surface area contributed by atoms with Crippen molar-refractivity contribution in [2.75, 3.05) is 7.05 Å². The Balaban J connectivity index is 1.52. The van der Waals surface area contributed by atoms with Gasteiger partial charge in [-0.1, -0.05) is 24.3 Å². The molecule has 36 heavy (non-hydrogen) atoms. The molecule has 1 aliphatic carbocycles. The summed E-state index contributed by atoms with van der Waals surface area (Å²) in [4.78, 5) is 25.4. The Hall–Kier alpha value is -4.27. The molecule has 176 valence electrons. The number of carbonyl (C=O) groups is 1. The number of carbonyl (C=O) groups excluding carboxylic acids is 1. The van der Waals surface area contributed by atoms with E-state index in [4.69, 9.17) is 10.7 Å². The summed E-state index contributed by atoms with van der Waals surface area (Å²) in [5.41, 5.74) is 8.08. The zero-order chi connectivity index (χ0) is 25.2. The first-order valence-electron chi connectivity index (χ1n) is 11.7. The summed E-state index contributed by atoms with van der Waals surface area (Å²) < 4.78 is 0.952. The summed E-state index contributed by atoms with van der Waals surface area (Å²) in [6, 6.07) is 20.0. The first-order valence-corrected chi connectivity index (χ1v) is 12.5. The Morgan fingerprint density at radius 2 is 1.86 bits per heavy atom. The van der Waals surface area contributed by atoms with Crippen molar-refractivity contribution in [3.63, 3.8) is 0 Å². The average Bonchev–Trinajstić information content (AvgIpc) is 3.56. The predicted molar refractivity (Wildman–Crippen MR) is 139 cm³/mol. The number of likely N-dealkylation sites (N-methyl/N-ethyl adjacent to an activating group) is 1. The van der Waals surface area contributed by atoms with Crippen molar-refractivity contribution < 1.29 is 4.79 Å². The molecule has 1 fully saturated rings. The zero-order valence-electron chi connectivity index (χ0n) is 19.8. The van der Waals surface area contributed by atoms with Crippen LogP contribution in [-0.4, -0.2) is 28.8 Å². The van der Waals surface area contributed by atoms with Crippen LogP contribution in [0.5, 0.6) is 0 Å². The maximum absolute atomic E-state index is 13.7. The van der Waals surface area contributed by atoms with Crippen molar-refractivity contribution in [1.29, 1.82) is 10.5 Å². The number of nitrogens with zero attached hydrogens (tertiary/aromatic N) is 5. The quantitative estimate of drug-likeness (QED) is 0.448. The van der Waals surface area contributed by atoms with Gasteiger partial charge in [0.1, 0.15) is 5.54 Å². The van der Waals surface area contributed by atoms with Gasteiger partial charge in [-0.25, -0.2) is 4.99 Å². The Kier molecular flexibility index (Phi) is 4.70. The highest BCUT2D eigenvalue weighted by Gasteiger charge is 2.49. The van der Waals surface area contributed by atoms with Crippen molar-refractivity contribution in [2.45, 2.75) is 36.6 Å². The molecule has 0 radical (unpaired) electrons. The number of guanidine groups is 1. The normalized spacial score (nSPS) is 22.8. The second kappa shape index (κ2) is 7.61. The second-order valence-electron chi connectivity index (χ2n) is 9.75. The molecule has 6 rings (SSSR count). The zero-order valence-corrected chi connectivity index (χ0v) is 20.6. The van der Waals surface area contributed by atoms with Crippen molar-refractivity contribution >= 4 is 44.2 Å². The van der Waals surface area contributed by atoms with Crippen LogP contribution in [0.15, 0.2) is 59.7 Å².